The lowest BCUT2D eigenvalue weighted by molar-refractivity contribution is -0.274. The Morgan fingerprint density at radius 2 is 1.71 bits per heavy atom. The van der Waals surface area contributed by atoms with Gasteiger partial charge in [0.25, 0.3) is 0 Å². The van der Waals surface area contributed by atoms with Gasteiger partial charge in [0.2, 0.25) is 0 Å². The van der Waals surface area contributed by atoms with E-state index in [2.05, 4.69) is 10.8 Å². The number of alkyl halides is 3. The van der Waals surface area contributed by atoms with E-state index >= 15 is 0 Å². The molecule has 0 amide bonds. The molecule has 0 radical (unpaired) electrons. The normalized spacial score (nSPS) is 19.6. The van der Waals surface area contributed by atoms with Crippen LogP contribution < -0.4 is 4.74 Å². The number of hydrogen-bond donors (Lipinski definition) is 1. The molecule has 1 aliphatic carbocycles. The van der Waals surface area contributed by atoms with Gasteiger partial charge in [-0.3, -0.25) is 0 Å². The zero-order valence-corrected chi connectivity index (χ0v) is 11.4. The van der Waals surface area contributed by atoms with Crippen molar-refractivity contribution in [2.75, 3.05) is 0 Å². The SMILES string of the molecule is N#CC1(C(O)c2ccc(OC(F)(F)F)cc2)CCCCC1. The smallest absolute Gasteiger partial charge is 0.406 e. The molecule has 1 aromatic carbocycles. The molecule has 3 nitrogen and oxygen atoms in total. The maximum absolute atomic E-state index is 12.1. The second-order valence-electron chi connectivity index (χ2n) is 5.35. The summed E-state index contributed by atoms with van der Waals surface area (Å²) >= 11 is 0. The minimum atomic E-state index is -4.74. The Hall–Kier alpha value is -1.74. The molecule has 1 N–H and O–H groups in total. The van der Waals surface area contributed by atoms with Gasteiger partial charge in [-0.05, 0) is 30.5 Å². The van der Waals surface area contributed by atoms with Crippen LogP contribution in [0.2, 0.25) is 0 Å². The molecule has 0 bridgehead atoms. The molecule has 6 heteroatoms. The molecule has 1 saturated carbocycles. The van der Waals surface area contributed by atoms with Crippen LogP contribution in [0.5, 0.6) is 5.75 Å². The van der Waals surface area contributed by atoms with E-state index < -0.39 is 17.9 Å². The fourth-order valence-corrected chi connectivity index (χ4v) is 2.80. The highest BCUT2D eigenvalue weighted by atomic mass is 19.4. The molecule has 1 atom stereocenters. The molecular weight excluding hydrogens is 283 g/mol. The van der Waals surface area contributed by atoms with Crippen LogP contribution in [0, 0.1) is 16.7 Å². The van der Waals surface area contributed by atoms with Crippen molar-refractivity contribution in [2.45, 2.75) is 44.6 Å². The number of benzene rings is 1. The Bertz CT molecular complexity index is 513. The van der Waals surface area contributed by atoms with Gasteiger partial charge in [0, 0.05) is 0 Å². The topological polar surface area (TPSA) is 53.2 Å². The van der Waals surface area contributed by atoms with Gasteiger partial charge in [-0.2, -0.15) is 5.26 Å². The van der Waals surface area contributed by atoms with E-state index in [1.54, 1.807) is 0 Å². The van der Waals surface area contributed by atoms with Crippen molar-refractivity contribution in [3.63, 3.8) is 0 Å². The summed E-state index contributed by atoms with van der Waals surface area (Å²) in [4.78, 5) is 0. The van der Waals surface area contributed by atoms with Gasteiger partial charge < -0.3 is 9.84 Å². The number of nitriles is 1. The van der Waals surface area contributed by atoms with Crippen LogP contribution in [0.1, 0.15) is 43.8 Å². The number of halogens is 3. The van der Waals surface area contributed by atoms with Gasteiger partial charge in [-0.15, -0.1) is 13.2 Å². The van der Waals surface area contributed by atoms with Gasteiger partial charge in [-0.25, -0.2) is 0 Å². The molecule has 114 valence electrons. The molecule has 21 heavy (non-hydrogen) atoms. The summed E-state index contributed by atoms with van der Waals surface area (Å²) in [6.07, 6.45) is -1.74. The summed E-state index contributed by atoms with van der Waals surface area (Å²) in [6.45, 7) is 0. The van der Waals surface area contributed by atoms with E-state index in [9.17, 15) is 23.5 Å². The zero-order chi connectivity index (χ0) is 15.5. The quantitative estimate of drug-likeness (QED) is 0.914. The molecule has 0 heterocycles. The number of hydrogen-bond acceptors (Lipinski definition) is 3. The van der Waals surface area contributed by atoms with Crippen molar-refractivity contribution in [2.24, 2.45) is 5.41 Å². The maximum Gasteiger partial charge on any atom is 0.573 e. The van der Waals surface area contributed by atoms with Gasteiger partial charge in [0.15, 0.2) is 0 Å². The monoisotopic (exact) mass is 299 g/mol. The summed E-state index contributed by atoms with van der Waals surface area (Å²) in [6, 6.07) is 7.26. The van der Waals surface area contributed by atoms with Crippen molar-refractivity contribution >= 4 is 0 Å². The van der Waals surface area contributed by atoms with Gasteiger partial charge >= 0.3 is 6.36 Å². The fourth-order valence-electron chi connectivity index (χ4n) is 2.80. The van der Waals surface area contributed by atoms with Crippen LogP contribution in [-0.4, -0.2) is 11.5 Å². The van der Waals surface area contributed by atoms with Crippen LogP contribution >= 0.6 is 0 Å². The van der Waals surface area contributed by atoms with Gasteiger partial charge in [-0.1, -0.05) is 31.4 Å². The molecule has 1 fully saturated rings. The first-order valence-electron chi connectivity index (χ1n) is 6.81. The Kier molecular flexibility index (Phi) is 4.43. The summed E-state index contributed by atoms with van der Waals surface area (Å²) < 4.78 is 40.1. The highest BCUT2D eigenvalue weighted by Crippen LogP contribution is 2.45. The van der Waals surface area contributed by atoms with Crippen LogP contribution in [0.15, 0.2) is 24.3 Å². The lowest BCUT2D eigenvalue weighted by Crippen LogP contribution is -2.30. The summed E-state index contributed by atoms with van der Waals surface area (Å²) in [5.41, 5.74) is -0.405. The zero-order valence-electron chi connectivity index (χ0n) is 11.4. The maximum atomic E-state index is 12.1. The number of aliphatic hydroxyl groups excluding tert-OH is 1. The number of rotatable bonds is 3. The van der Waals surface area contributed by atoms with E-state index in [1.165, 1.54) is 12.1 Å². The average molecular weight is 299 g/mol. The van der Waals surface area contributed by atoms with Crippen molar-refractivity contribution in [1.82, 2.24) is 0 Å². The van der Waals surface area contributed by atoms with E-state index in [0.29, 0.717) is 18.4 Å². The summed E-state index contributed by atoms with van der Waals surface area (Å²) in [7, 11) is 0. The van der Waals surface area contributed by atoms with Crippen LogP contribution in [0.4, 0.5) is 13.2 Å². The number of aliphatic hydroxyl groups is 1. The predicted molar refractivity (Wildman–Crippen MR) is 69.2 cm³/mol. The molecule has 0 aromatic heterocycles. The molecule has 1 aliphatic rings. The molecule has 2 rings (SSSR count). The van der Waals surface area contributed by atoms with Crippen molar-refractivity contribution in [3.8, 4) is 11.8 Å². The molecular formula is C15H16F3NO2. The van der Waals surface area contributed by atoms with Crippen molar-refractivity contribution in [1.29, 1.82) is 5.26 Å². The second-order valence-corrected chi connectivity index (χ2v) is 5.35. The van der Waals surface area contributed by atoms with Gasteiger partial charge in [0.1, 0.15) is 5.75 Å². The van der Waals surface area contributed by atoms with Crippen molar-refractivity contribution in [3.05, 3.63) is 29.8 Å². The largest absolute Gasteiger partial charge is 0.573 e. The van der Waals surface area contributed by atoms with Crippen LogP contribution in [0.3, 0.4) is 0 Å². The van der Waals surface area contributed by atoms with E-state index in [4.69, 9.17) is 0 Å². The lowest BCUT2D eigenvalue weighted by atomic mass is 9.69. The Labute approximate surface area is 121 Å². The third-order valence-corrected chi connectivity index (χ3v) is 3.92. The third kappa shape index (κ3) is 3.67. The molecule has 0 saturated heterocycles. The average Bonchev–Trinajstić information content (AvgIpc) is 2.46. The van der Waals surface area contributed by atoms with E-state index in [-0.39, 0.29) is 5.75 Å². The van der Waals surface area contributed by atoms with Gasteiger partial charge in [0.05, 0.1) is 17.6 Å². The summed E-state index contributed by atoms with van der Waals surface area (Å²) in [5.74, 6) is -0.340. The van der Waals surface area contributed by atoms with Crippen molar-refractivity contribution < 1.29 is 23.0 Å². The lowest BCUT2D eigenvalue weighted by Gasteiger charge is -2.35. The molecule has 1 unspecified atom stereocenters. The molecule has 0 aliphatic heterocycles. The second kappa shape index (κ2) is 5.94. The summed E-state index contributed by atoms with van der Waals surface area (Å²) in [5, 5.41) is 19.8. The number of ether oxygens (including phenoxy) is 1. The highest BCUT2D eigenvalue weighted by Gasteiger charge is 2.40. The first-order chi connectivity index (χ1) is 9.86. The van der Waals surface area contributed by atoms with Crippen LogP contribution in [-0.2, 0) is 0 Å². The molecule has 0 spiro atoms. The third-order valence-electron chi connectivity index (χ3n) is 3.92. The fraction of sp³-hybridized carbons (Fsp3) is 0.533. The van der Waals surface area contributed by atoms with E-state index in [1.807, 2.05) is 0 Å². The minimum absolute atomic E-state index is 0.340. The number of nitrogens with zero attached hydrogens (tertiary/aromatic N) is 1. The molecule has 1 aromatic rings. The standard InChI is InChI=1S/C15H16F3NO2/c16-15(17,18)21-12-6-4-11(5-7-12)13(20)14(10-19)8-2-1-3-9-14/h4-7,13,20H,1-3,8-9H2. The predicted octanol–water partition coefficient (Wildman–Crippen LogP) is 4.09. The minimum Gasteiger partial charge on any atom is -0.406 e. The Morgan fingerprint density at radius 3 is 2.19 bits per heavy atom. The first kappa shape index (κ1) is 15.6. The Morgan fingerprint density at radius 1 is 1.14 bits per heavy atom. The highest BCUT2D eigenvalue weighted by molar-refractivity contribution is 5.31. The van der Waals surface area contributed by atoms with Crippen LogP contribution in [0.25, 0.3) is 0 Å². The Balaban J connectivity index is 2.16. The first-order valence-corrected chi connectivity index (χ1v) is 6.81. The van der Waals surface area contributed by atoms with E-state index in [0.717, 1.165) is 31.4 Å².